The fraction of sp³-hybridized carbons (Fsp3) is 0.273. The SMILES string of the molecule is CCc1cccc(C)c1Nc1cc(Nc2ccc(OC)c(OC)c2)nc(C)n1. The standard InChI is InChI=1S/C22H26N4O2/c1-6-16-9-7-8-14(2)22(16)26-21-13-20(23-15(3)24-21)25-17-10-11-18(27-4)19(12-17)28-5/h7-13H,6H2,1-5H3,(H2,23,24,25,26). The highest BCUT2D eigenvalue weighted by molar-refractivity contribution is 5.68. The number of aryl methyl sites for hydroxylation is 3. The number of ether oxygens (including phenoxy) is 2. The number of hydrogen-bond acceptors (Lipinski definition) is 6. The van der Waals surface area contributed by atoms with Crippen molar-refractivity contribution < 1.29 is 9.47 Å². The Labute approximate surface area is 166 Å². The number of rotatable bonds is 7. The molecule has 0 unspecified atom stereocenters. The van der Waals surface area contributed by atoms with Gasteiger partial charge in [-0.3, -0.25) is 0 Å². The van der Waals surface area contributed by atoms with Crippen LogP contribution in [-0.4, -0.2) is 24.2 Å². The lowest BCUT2D eigenvalue weighted by molar-refractivity contribution is 0.355. The fourth-order valence-electron chi connectivity index (χ4n) is 3.09. The van der Waals surface area contributed by atoms with Crippen LogP contribution in [0, 0.1) is 13.8 Å². The molecule has 28 heavy (non-hydrogen) atoms. The highest BCUT2D eigenvalue weighted by atomic mass is 16.5. The second kappa shape index (κ2) is 8.61. The first-order valence-corrected chi connectivity index (χ1v) is 9.24. The van der Waals surface area contributed by atoms with Crippen LogP contribution in [-0.2, 0) is 6.42 Å². The molecule has 3 aromatic rings. The quantitative estimate of drug-likeness (QED) is 0.592. The minimum atomic E-state index is 0.657. The average Bonchev–Trinajstić information content (AvgIpc) is 2.69. The second-order valence-electron chi connectivity index (χ2n) is 6.47. The Balaban J connectivity index is 1.88. The van der Waals surface area contributed by atoms with Gasteiger partial charge in [0.25, 0.3) is 0 Å². The van der Waals surface area contributed by atoms with Gasteiger partial charge in [-0.15, -0.1) is 0 Å². The van der Waals surface area contributed by atoms with E-state index in [0.717, 1.165) is 23.6 Å². The predicted octanol–water partition coefficient (Wildman–Crippen LogP) is 5.16. The zero-order chi connectivity index (χ0) is 20.1. The molecule has 2 N–H and O–H groups in total. The summed E-state index contributed by atoms with van der Waals surface area (Å²) in [5.74, 6) is 3.47. The molecule has 0 atom stereocenters. The maximum atomic E-state index is 5.37. The molecular formula is C22H26N4O2. The lowest BCUT2D eigenvalue weighted by Gasteiger charge is -2.15. The molecule has 0 aliphatic heterocycles. The molecule has 0 spiro atoms. The monoisotopic (exact) mass is 378 g/mol. The van der Waals surface area contributed by atoms with Gasteiger partial charge in [0.1, 0.15) is 17.5 Å². The fourth-order valence-corrected chi connectivity index (χ4v) is 3.09. The Bertz CT molecular complexity index is 973. The molecular weight excluding hydrogens is 352 g/mol. The molecule has 0 amide bonds. The largest absolute Gasteiger partial charge is 0.493 e. The maximum absolute atomic E-state index is 5.37. The number of benzene rings is 2. The van der Waals surface area contributed by atoms with Gasteiger partial charge in [0.05, 0.1) is 14.2 Å². The van der Waals surface area contributed by atoms with Crippen LogP contribution in [0.2, 0.25) is 0 Å². The van der Waals surface area contributed by atoms with E-state index in [1.165, 1.54) is 11.1 Å². The second-order valence-corrected chi connectivity index (χ2v) is 6.47. The third-order valence-electron chi connectivity index (χ3n) is 4.49. The van der Waals surface area contributed by atoms with Gasteiger partial charge in [0, 0.05) is 23.5 Å². The van der Waals surface area contributed by atoms with Crippen molar-refractivity contribution in [3.05, 3.63) is 59.4 Å². The first-order valence-electron chi connectivity index (χ1n) is 9.24. The van der Waals surface area contributed by atoms with Crippen LogP contribution in [0.15, 0.2) is 42.5 Å². The number of aromatic nitrogens is 2. The van der Waals surface area contributed by atoms with Crippen LogP contribution in [0.1, 0.15) is 23.9 Å². The van der Waals surface area contributed by atoms with Gasteiger partial charge in [0.15, 0.2) is 11.5 Å². The summed E-state index contributed by atoms with van der Waals surface area (Å²) in [5.41, 5.74) is 4.39. The van der Waals surface area contributed by atoms with E-state index in [1.807, 2.05) is 31.2 Å². The normalized spacial score (nSPS) is 10.5. The number of hydrogen-bond donors (Lipinski definition) is 2. The molecule has 0 saturated carbocycles. The molecule has 0 bridgehead atoms. The molecule has 0 saturated heterocycles. The van der Waals surface area contributed by atoms with E-state index in [9.17, 15) is 0 Å². The number of methoxy groups -OCH3 is 2. The molecule has 2 aromatic carbocycles. The smallest absolute Gasteiger partial charge is 0.162 e. The summed E-state index contributed by atoms with van der Waals surface area (Å²) in [4.78, 5) is 9.04. The zero-order valence-corrected chi connectivity index (χ0v) is 17.0. The van der Waals surface area contributed by atoms with Gasteiger partial charge in [0.2, 0.25) is 0 Å². The van der Waals surface area contributed by atoms with Gasteiger partial charge < -0.3 is 20.1 Å². The molecule has 0 aliphatic carbocycles. The van der Waals surface area contributed by atoms with E-state index in [-0.39, 0.29) is 0 Å². The number of nitrogens with zero attached hydrogens (tertiary/aromatic N) is 2. The lowest BCUT2D eigenvalue weighted by atomic mass is 10.1. The first kappa shape index (κ1) is 19.5. The minimum Gasteiger partial charge on any atom is -0.493 e. The summed E-state index contributed by atoms with van der Waals surface area (Å²) in [6, 6.07) is 13.9. The topological polar surface area (TPSA) is 68.3 Å². The van der Waals surface area contributed by atoms with Crippen molar-refractivity contribution in [3.8, 4) is 11.5 Å². The number of para-hydroxylation sites is 1. The Morgan fingerprint density at radius 2 is 1.57 bits per heavy atom. The summed E-state index contributed by atoms with van der Waals surface area (Å²) in [5, 5.41) is 6.78. The summed E-state index contributed by atoms with van der Waals surface area (Å²) < 4.78 is 10.7. The summed E-state index contributed by atoms with van der Waals surface area (Å²) in [6.07, 6.45) is 0.949. The molecule has 0 radical (unpaired) electrons. The van der Waals surface area contributed by atoms with Crippen LogP contribution in [0.4, 0.5) is 23.0 Å². The highest BCUT2D eigenvalue weighted by Gasteiger charge is 2.09. The van der Waals surface area contributed by atoms with Crippen LogP contribution in [0.25, 0.3) is 0 Å². The van der Waals surface area contributed by atoms with E-state index in [0.29, 0.717) is 23.1 Å². The summed E-state index contributed by atoms with van der Waals surface area (Å²) >= 11 is 0. The highest BCUT2D eigenvalue weighted by Crippen LogP contribution is 2.31. The number of nitrogens with one attached hydrogen (secondary N) is 2. The zero-order valence-electron chi connectivity index (χ0n) is 17.0. The Kier molecular flexibility index (Phi) is 5.99. The van der Waals surface area contributed by atoms with E-state index < -0.39 is 0 Å². The van der Waals surface area contributed by atoms with Crippen molar-refractivity contribution in [3.63, 3.8) is 0 Å². The van der Waals surface area contributed by atoms with Gasteiger partial charge in [-0.2, -0.15) is 0 Å². The average molecular weight is 378 g/mol. The van der Waals surface area contributed by atoms with Crippen molar-refractivity contribution in [2.75, 3.05) is 24.9 Å². The van der Waals surface area contributed by atoms with E-state index in [2.05, 4.69) is 52.6 Å². The van der Waals surface area contributed by atoms with Gasteiger partial charge >= 0.3 is 0 Å². The van der Waals surface area contributed by atoms with Crippen LogP contribution in [0.5, 0.6) is 11.5 Å². The van der Waals surface area contributed by atoms with E-state index in [1.54, 1.807) is 14.2 Å². The summed E-state index contributed by atoms with van der Waals surface area (Å²) in [6.45, 7) is 6.12. The minimum absolute atomic E-state index is 0.657. The van der Waals surface area contributed by atoms with E-state index in [4.69, 9.17) is 9.47 Å². The summed E-state index contributed by atoms with van der Waals surface area (Å²) in [7, 11) is 3.23. The van der Waals surface area contributed by atoms with Gasteiger partial charge in [-0.1, -0.05) is 25.1 Å². The molecule has 6 heteroatoms. The van der Waals surface area contributed by atoms with Gasteiger partial charge in [-0.25, -0.2) is 9.97 Å². The van der Waals surface area contributed by atoms with Crippen LogP contribution < -0.4 is 20.1 Å². The molecule has 1 aromatic heterocycles. The Morgan fingerprint density at radius 1 is 0.857 bits per heavy atom. The van der Waals surface area contributed by atoms with Crippen molar-refractivity contribution in [1.82, 2.24) is 9.97 Å². The maximum Gasteiger partial charge on any atom is 0.162 e. The van der Waals surface area contributed by atoms with Gasteiger partial charge in [-0.05, 0) is 43.5 Å². The van der Waals surface area contributed by atoms with Crippen molar-refractivity contribution in [2.24, 2.45) is 0 Å². The van der Waals surface area contributed by atoms with Crippen molar-refractivity contribution >= 4 is 23.0 Å². The first-order chi connectivity index (χ1) is 13.5. The molecule has 3 rings (SSSR count). The lowest BCUT2D eigenvalue weighted by Crippen LogP contribution is -2.04. The van der Waals surface area contributed by atoms with Crippen LogP contribution >= 0.6 is 0 Å². The Hall–Kier alpha value is -3.28. The third kappa shape index (κ3) is 4.34. The van der Waals surface area contributed by atoms with Crippen molar-refractivity contribution in [1.29, 1.82) is 0 Å². The molecule has 1 heterocycles. The third-order valence-corrected chi connectivity index (χ3v) is 4.49. The molecule has 0 aliphatic rings. The molecule has 6 nitrogen and oxygen atoms in total. The van der Waals surface area contributed by atoms with E-state index >= 15 is 0 Å². The van der Waals surface area contributed by atoms with Crippen LogP contribution in [0.3, 0.4) is 0 Å². The molecule has 146 valence electrons. The van der Waals surface area contributed by atoms with Crippen molar-refractivity contribution in [2.45, 2.75) is 27.2 Å². The molecule has 0 fully saturated rings. The number of anilines is 4. The Morgan fingerprint density at radius 3 is 2.25 bits per heavy atom. The predicted molar refractivity (Wildman–Crippen MR) is 113 cm³/mol.